The molecule has 0 radical (unpaired) electrons. The average Bonchev–Trinajstić information content (AvgIpc) is 2.75. The lowest BCUT2D eigenvalue weighted by atomic mass is 9.88. The predicted octanol–water partition coefficient (Wildman–Crippen LogP) is 4.73. The van der Waals surface area contributed by atoms with Crippen molar-refractivity contribution >= 4 is 16.7 Å². The Morgan fingerprint density at radius 3 is 2.36 bits per heavy atom. The third kappa shape index (κ3) is 3.48. The van der Waals surface area contributed by atoms with E-state index in [4.69, 9.17) is 4.74 Å². The van der Waals surface area contributed by atoms with Crippen LogP contribution in [0.4, 0.5) is 0 Å². The van der Waals surface area contributed by atoms with Gasteiger partial charge in [-0.3, -0.25) is 9.69 Å². The summed E-state index contributed by atoms with van der Waals surface area (Å²) >= 11 is 0. The molecule has 4 rings (SSSR count). The number of rotatable bonds is 5. The number of hydrogen-bond acceptors (Lipinski definition) is 3. The molecule has 0 amide bonds. The number of aliphatic carboxylic acids is 1. The van der Waals surface area contributed by atoms with E-state index < -0.39 is 5.97 Å². The molecule has 4 nitrogen and oxygen atoms in total. The highest BCUT2D eigenvalue weighted by atomic mass is 16.5. The predicted molar refractivity (Wildman–Crippen MR) is 111 cm³/mol. The highest BCUT2D eigenvalue weighted by Crippen LogP contribution is 2.39. The molecule has 0 aliphatic carbocycles. The normalized spacial score (nSPS) is 16.8. The Morgan fingerprint density at radius 1 is 0.964 bits per heavy atom. The molecular formula is C24H25NO3. The molecule has 28 heavy (non-hydrogen) atoms. The number of methoxy groups -OCH3 is 1. The van der Waals surface area contributed by atoms with Crippen LogP contribution in [0.1, 0.15) is 30.0 Å². The van der Waals surface area contributed by atoms with Crippen LogP contribution in [0, 0.1) is 5.92 Å². The fourth-order valence-electron chi connectivity index (χ4n) is 4.35. The van der Waals surface area contributed by atoms with Crippen LogP contribution in [0.15, 0.2) is 66.7 Å². The van der Waals surface area contributed by atoms with Crippen LogP contribution in [0.25, 0.3) is 10.8 Å². The fraction of sp³-hybridized carbons (Fsp3) is 0.292. The number of piperidine rings is 1. The molecule has 1 aliphatic heterocycles. The van der Waals surface area contributed by atoms with Gasteiger partial charge in [0, 0.05) is 5.56 Å². The second-order valence-electron chi connectivity index (χ2n) is 7.36. The summed E-state index contributed by atoms with van der Waals surface area (Å²) in [7, 11) is 1.70. The molecule has 3 aromatic carbocycles. The fourth-order valence-corrected chi connectivity index (χ4v) is 4.35. The van der Waals surface area contributed by atoms with E-state index >= 15 is 0 Å². The second-order valence-corrected chi connectivity index (χ2v) is 7.36. The largest absolute Gasteiger partial charge is 0.496 e. The minimum atomic E-state index is -0.682. The van der Waals surface area contributed by atoms with Crippen molar-refractivity contribution in [3.8, 4) is 5.75 Å². The van der Waals surface area contributed by atoms with Gasteiger partial charge in [0.05, 0.1) is 19.1 Å². The summed E-state index contributed by atoms with van der Waals surface area (Å²) in [4.78, 5) is 13.8. The van der Waals surface area contributed by atoms with E-state index in [0.717, 1.165) is 24.4 Å². The van der Waals surface area contributed by atoms with Crippen LogP contribution in [0.2, 0.25) is 0 Å². The van der Waals surface area contributed by atoms with Crippen molar-refractivity contribution in [1.82, 2.24) is 4.90 Å². The lowest BCUT2D eigenvalue weighted by molar-refractivity contribution is -0.143. The first-order valence-corrected chi connectivity index (χ1v) is 9.76. The molecule has 1 unspecified atom stereocenters. The molecular weight excluding hydrogens is 350 g/mol. The Hall–Kier alpha value is -2.85. The standard InChI is InChI=1S/C24H25NO3/c1-28-22-12-5-4-10-21(22)23(25-15-13-18(14-16-25)24(26)27)20-11-6-8-17-7-2-3-9-19(17)20/h2-12,18,23H,13-16H2,1H3,(H,26,27). The molecule has 1 atom stereocenters. The van der Waals surface area contributed by atoms with E-state index in [-0.39, 0.29) is 12.0 Å². The van der Waals surface area contributed by atoms with Gasteiger partial charge in [0.25, 0.3) is 0 Å². The summed E-state index contributed by atoms with van der Waals surface area (Å²) in [6.07, 6.45) is 1.34. The van der Waals surface area contributed by atoms with Crippen LogP contribution < -0.4 is 4.74 Å². The molecule has 0 saturated carbocycles. The number of nitrogens with zero attached hydrogens (tertiary/aromatic N) is 1. The first-order valence-electron chi connectivity index (χ1n) is 9.76. The molecule has 1 saturated heterocycles. The number of carboxylic acids is 1. The second kappa shape index (κ2) is 8.03. The number of fused-ring (bicyclic) bond motifs is 1. The summed E-state index contributed by atoms with van der Waals surface area (Å²) in [5.41, 5.74) is 2.35. The van der Waals surface area contributed by atoms with Gasteiger partial charge >= 0.3 is 5.97 Å². The van der Waals surface area contributed by atoms with Crippen LogP contribution in [-0.4, -0.2) is 36.2 Å². The topological polar surface area (TPSA) is 49.8 Å². The Bertz CT molecular complexity index is 971. The molecule has 1 fully saturated rings. The maximum Gasteiger partial charge on any atom is 0.306 e. The lowest BCUT2D eigenvalue weighted by Crippen LogP contribution is -2.39. The van der Waals surface area contributed by atoms with Crippen LogP contribution in [0.3, 0.4) is 0 Å². The number of carbonyl (C=O) groups is 1. The Balaban J connectivity index is 1.81. The third-order valence-corrected chi connectivity index (χ3v) is 5.80. The van der Waals surface area contributed by atoms with Crippen molar-refractivity contribution in [3.05, 3.63) is 77.9 Å². The molecule has 0 bridgehead atoms. The van der Waals surface area contributed by atoms with Crippen molar-refractivity contribution < 1.29 is 14.6 Å². The Kier molecular flexibility index (Phi) is 5.31. The number of para-hydroxylation sites is 1. The minimum absolute atomic E-state index is 0.0250. The maximum atomic E-state index is 11.4. The van der Waals surface area contributed by atoms with E-state index in [1.54, 1.807) is 7.11 Å². The van der Waals surface area contributed by atoms with Crippen molar-refractivity contribution in [1.29, 1.82) is 0 Å². The molecule has 144 valence electrons. The molecule has 3 aromatic rings. The summed E-state index contributed by atoms with van der Waals surface area (Å²) in [6, 6.07) is 23.0. The number of ether oxygens (including phenoxy) is 1. The number of likely N-dealkylation sites (tertiary alicyclic amines) is 1. The summed E-state index contributed by atoms with van der Waals surface area (Å²) < 4.78 is 5.69. The van der Waals surface area contributed by atoms with Crippen molar-refractivity contribution in [3.63, 3.8) is 0 Å². The van der Waals surface area contributed by atoms with Gasteiger partial charge in [-0.2, -0.15) is 0 Å². The maximum absolute atomic E-state index is 11.4. The van der Waals surface area contributed by atoms with E-state index in [0.29, 0.717) is 12.8 Å². The first kappa shape index (κ1) is 18.5. The van der Waals surface area contributed by atoms with Gasteiger partial charge in [-0.25, -0.2) is 0 Å². The third-order valence-electron chi connectivity index (χ3n) is 5.80. The summed E-state index contributed by atoms with van der Waals surface area (Å²) in [5.74, 6) is -0.0680. The first-order chi connectivity index (χ1) is 13.7. The van der Waals surface area contributed by atoms with Gasteiger partial charge in [0.2, 0.25) is 0 Å². The van der Waals surface area contributed by atoms with Crippen LogP contribution in [0.5, 0.6) is 5.75 Å². The smallest absolute Gasteiger partial charge is 0.306 e. The van der Waals surface area contributed by atoms with Gasteiger partial charge in [0.15, 0.2) is 0 Å². The zero-order valence-corrected chi connectivity index (χ0v) is 16.0. The van der Waals surface area contributed by atoms with E-state index in [1.807, 2.05) is 18.2 Å². The van der Waals surface area contributed by atoms with Crippen molar-refractivity contribution in [2.24, 2.45) is 5.92 Å². The molecule has 4 heteroatoms. The van der Waals surface area contributed by atoms with Crippen molar-refractivity contribution in [2.75, 3.05) is 20.2 Å². The SMILES string of the molecule is COc1ccccc1C(c1cccc2ccccc12)N1CCC(C(=O)O)CC1. The van der Waals surface area contributed by atoms with Crippen LogP contribution in [-0.2, 0) is 4.79 Å². The van der Waals surface area contributed by atoms with Gasteiger partial charge < -0.3 is 9.84 Å². The monoisotopic (exact) mass is 375 g/mol. The minimum Gasteiger partial charge on any atom is -0.496 e. The summed E-state index contributed by atoms with van der Waals surface area (Å²) in [6.45, 7) is 1.51. The van der Waals surface area contributed by atoms with Gasteiger partial charge in [-0.1, -0.05) is 60.7 Å². The highest BCUT2D eigenvalue weighted by molar-refractivity contribution is 5.86. The summed E-state index contributed by atoms with van der Waals surface area (Å²) in [5, 5.41) is 11.8. The molecule has 0 aromatic heterocycles. The highest BCUT2D eigenvalue weighted by Gasteiger charge is 2.32. The van der Waals surface area contributed by atoms with Gasteiger partial charge in [0.1, 0.15) is 5.75 Å². The van der Waals surface area contributed by atoms with Crippen molar-refractivity contribution in [2.45, 2.75) is 18.9 Å². The van der Waals surface area contributed by atoms with Gasteiger partial charge in [-0.15, -0.1) is 0 Å². The molecule has 1 heterocycles. The quantitative estimate of drug-likeness (QED) is 0.700. The zero-order chi connectivity index (χ0) is 19.5. The Morgan fingerprint density at radius 2 is 1.61 bits per heavy atom. The Labute approximate surface area is 165 Å². The molecule has 1 aliphatic rings. The lowest BCUT2D eigenvalue weighted by Gasteiger charge is -2.38. The van der Waals surface area contributed by atoms with Gasteiger partial charge in [-0.05, 0) is 48.3 Å². The van der Waals surface area contributed by atoms with E-state index in [9.17, 15) is 9.90 Å². The van der Waals surface area contributed by atoms with Crippen LogP contribution >= 0.6 is 0 Å². The van der Waals surface area contributed by atoms with E-state index in [1.165, 1.54) is 16.3 Å². The number of benzene rings is 3. The number of hydrogen-bond donors (Lipinski definition) is 1. The molecule has 1 N–H and O–H groups in total. The van der Waals surface area contributed by atoms with E-state index in [2.05, 4.69) is 53.4 Å². The number of carboxylic acid groups (broad SMARTS) is 1. The zero-order valence-electron chi connectivity index (χ0n) is 16.0. The average molecular weight is 375 g/mol. The molecule has 0 spiro atoms.